The van der Waals surface area contributed by atoms with E-state index in [4.69, 9.17) is 16.3 Å². The highest BCUT2D eigenvalue weighted by Crippen LogP contribution is 2.32. The second-order valence-electron chi connectivity index (χ2n) is 7.88. The van der Waals surface area contributed by atoms with E-state index in [-0.39, 0.29) is 23.4 Å². The third kappa shape index (κ3) is 5.15. The second kappa shape index (κ2) is 9.85. The average molecular weight is 485 g/mol. The second-order valence-corrected chi connectivity index (χ2v) is 10.2. The van der Waals surface area contributed by atoms with Crippen LogP contribution in [0.5, 0.6) is 5.75 Å². The fraction of sp³-hybridized carbons (Fsp3) is 0.240. The Kier molecular flexibility index (Phi) is 6.91. The quantitative estimate of drug-likeness (QED) is 0.525. The number of methoxy groups -OCH3 is 1. The van der Waals surface area contributed by atoms with Crippen LogP contribution >= 0.6 is 11.6 Å². The van der Waals surface area contributed by atoms with Crippen molar-refractivity contribution >= 4 is 33.2 Å². The largest absolute Gasteiger partial charge is 0.497 e. The number of rotatable bonds is 7. The van der Waals surface area contributed by atoms with Crippen molar-refractivity contribution in [1.29, 1.82) is 0 Å². The van der Waals surface area contributed by atoms with E-state index in [1.165, 1.54) is 12.1 Å². The molecule has 1 amide bonds. The summed E-state index contributed by atoms with van der Waals surface area (Å²) < 4.78 is 33.3. The number of nitrogens with zero attached hydrogens (tertiary/aromatic N) is 1. The first-order valence-electron chi connectivity index (χ1n) is 10.7. The van der Waals surface area contributed by atoms with E-state index in [9.17, 15) is 13.2 Å². The standard InChI is InChI=1S/C25H25ClN2O4S/c1-32-21-14-15-23-18(16-21)6-5-9-24(23)27-25(29)17-28(20-12-10-19(26)11-13-20)33(30,31)22-7-3-2-4-8-22/h2-4,7-8,10-16,24H,5-6,9,17H2,1H3,(H,27,29). The number of nitrogens with one attached hydrogen (secondary N) is 1. The molecule has 0 fully saturated rings. The van der Waals surface area contributed by atoms with Crippen LogP contribution in [0.25, 0.3) is 0 Å². The lowest BCUT2D eigenvalue weighted by Crippen LogP contribution is -2.42. The highest BCUT2D eigenvalue weighted by molar-refractivity contribution is 7.92. The third-order valence-corrected chi connectivity index (χ3v) is 7.77. The Bertz CT molecular complexity index is 1230. The van der Waals surface area contributed by atoms with Crippen molar-refractivity contribution in [3.05, 3.63) is 88.9 Å². The van der Waals surface area contributed by atoms with Crippen LogP contribution in [0.1, 0.15) is 30.0 Å². The monoisotopic (exact) mass is 484 g/mol. The summed E-state index contributed by atoms with van der Waals surface area (Å²) >= 11 is 6.00. The van der Waals surface area contributed by atoms with Crippen molar-refractivity contribution in [3.8, 4) is 5.75 Å². The Balaban J connectivity index is 1.60. The summed E-state index contributed by atoms with van der Waals surface area (Å²) in [6.45, 7) is -0.346. The molecule has 172 valence electrons. The number of fused-ring (bicyclic) bond motifs is 1. The molecule has 1 aliphatic rings. The lowest BCUT2D eigenvalue weighted by molar-refractivity contribution is -0.120. The normalized spacial score (nSPS) is 15.4. The molecule has 0 spiro atoms. The molecule has 0 saturated carbocycles. The maximum atomic E-state index is 13.4. The fourth-order valence-corrected chi connectivity index (χ4v) is 5.65. The van der Waals surface area contributed by atoms with Crippen molar-refractivity contribution in [2.24, 2.45) is 0 Å². The predicted octanol–water partition coefficient (Wildman–Crippen LogP) is 4.74. The molecule has 0 heterocycles. The summed E-state index contributed by atoms with van der Waals surface area (Å²) in [7, 11) is -2.33. The highest BCUT2D eigenvalue weighted by Gasteiger charge is 2.29. The van der Waals surface area contributed by atoms with Gasteiger partial charge >= 0.3 is 0 Å². The number of aryl methyl sites for hydroxylation is 1. The topological polar surface area (TPSA) is 75.7 Å². The zero-order chi connectivity index (χ0) is 23.4. The van der Waals surface area contributed by atoms with Gasteiger partial charge in [0, 0.05) is 5.02 Å². The van der Waals surface area contributed by atoms with Gasteiger partial charge in [0.05, 0.1) is 23.7 Å². The number of carbonyl (C=O) groups excluding carboxylic acids is 1. The van der Waals surface area contributed by atoms with Crippen LogP contribution < -0.4 is 14.4 Å². The maximum absolute atomic E-state index is 13.4. The lowest BCUT2D eigenvalue weighted by atomic mass is 9.87. The minimum atomic E-state index is -3.96. The summed E-state index contributed by atoms with van der Waals surface area (Å²) in [4.78, 5) is 13.2. The SMILES string of the molecule is COc1ccc2c(c1)CCCC2NC(=O)CN(c1ccc(Cl)cc1)S(=O)(=O)c1ccccc1. The summed E-state index contributed by atoms with van der Waals surface area (Å²) in [5.74, 6) is 0.404. The lowest BCUT2D eigenvalue weighted by Gasteiger charge is -2.29. The van der Waals surface area contributed by atoms with Crippen LogP contribution in [-0.2, 0) is 21.2 Å². The van der Waals surface area contributed by atoms with E-state index in [0.717, 1.165) is 40.4 Å². The van der Waals surface area contributed by atoms with Crippen LogP contribution in [0, 0.1) is 0 Å². The Labute approximate surface area is 199 Å². The van der Waals surface area contributed by atoms with E-state index < -0.39 is 10.0 Å². The molecule has 0 bridgehead atoms. The van der Waals surface area contributed by atoms with Crippen LogP contribution in [0.15, 0.2) is 77.7 Å². The Morgan fingerprint density at radius 1 is 1.09 bits per heavy atom. The predicted molar refractivity (Wildman–Crippen MR) is 129 cm³/mol. The summed E-state index contributed by atoms with van der Waals surface area (Å²) in [5.41, 5.74) is 2.55. The molecule has 3 aromatic carbocycles. The van der Waals surface area contributed by atoms with Gasteiger partial charge < -0.3 is 10.1 Å². The van der Waals surface area contributed by atoms with Crippen molar-refractivity contribution in [3.63, 3.8) is 0 Å². The average Bonchev–Trinajstić information content (AvgIpc) is 2.83. The van der Waals surface area contributed by atoms with Gasteiger partial charge in [0.2, 0.25) is 5.91 Å². The van der Waals surface area contributed by atoms with Gasteiger partial charge in [0.1, 0.15) is 12.3 Å². The molecule has 0 aromatic heterocycles. The van der Waals surface area contributed by atoms with Crippen LogP contribution in [0.4, 0.5) is 5.69 Å². The first-order valence-corrected chi connectivity index (χ1v) is 12.5. The van der Waals surface area contributed by atoms with E-state index >= 15 is 0 Å². The van der Waals surface area contributed by atoms with Gasteiger partial charge in [0.15, 0.2) is 0 Å². The molecule has 1 atom stereocenters. The maximum Gasteiger partial charge on any atom is 0.264 e. The van der Waals surface area contributed by atoms with Crippen LogP contribution in [0.2, 0.25) is 5.02 Å². The molecule has 1 unspecified atom stereocenters. The van der Waals surface area contributed by atoms with Crippen molar-refractivity contribution < 1.29 is 17.9 Å². The number of sulfonamides is 1. The third-order valence-electron chi connectivity index (χ3n) is 5.73. The van der Waals surface area contributed by atoms with Gasteiger partial charge in [-0.1, -0.05) is 35.9 Å². The van der Waals surface area contributed by atoms with Crippen molar-refractivity contribution in [2.45, 2.75) is 30.2 Å². The molecule has 0 radical (unpaired) electrons. The molecular formula is C25H25ClN2O4S. The molecule has 3 aromatic rings. The molecule has 8 heteroatoms. The summed E-state index contributed by atoms with van der Waals surface area (Å²) in [6.07, 6.45) is 2.63. The number of amides is 1. The van der Waals surface area contributed by atoms with E-state index in [1.807, 2.05) is 18.2 Å². The number of benzene rings is 3. The van der Waals surface area contributed by atoms with Crippen molar-refractivity contribution in [1.82, 2.24) is 5.32 Å². The number of carbonyl (C=O) groups is 1. The molecule has 1 aliphatic carbocycles. The molecule has 1 N–H and O–H groups in total. The van der Waals surface area contributed by atoms with Gasteiger partial charge in [-0.15, -0.1) is 0 Å². The Morgan fingerprint density at radius 2 is 1.82 bits per heavy atom. The molecule has 4 rings (SSSR count). The minimum absolute atomic E-state index is 0.114. The first-order chi connectivity index (χ1) is 15.9. The number of anilines is 1. The smallest absolute Gasteiger partial charge is 0.264 e. The number of ether oxygens (including phenoxy) is 1. The van der Waals surface area contributed by atoms with Crippen LogP contribution in [0.3, 0.4) is 0 Å². The van der Waals surface area contributed by atoms with Gasteiger partial charge in [-0.3, -0.25) is 9.10 Å². The number of hydrogen-bond acceptors (Lipinski definition) is 4. The van der Waals surface area contributed by atoms with Gasteiger partial charge in [0.25, 0.3) is 10.0 Å². The zero-order valence-corrected chi connectivity index (χ0v) is 19.8. The summed E-state index contributed by atoms with van der Waals surface area (Å²) in [6, 6.07) is 20.1. The van der Waals surface area contributed by atoms with E-state index in [1.54, 1.807) is 49.6 Å². The Morgan fingerprint density at radius 3 is 2.52 bits per heavy atom. The Hall–Kier alpha value is -3.03. The molecular weight excluding hydrogens is 460 g/mol. The van der Waals surface area contributed by atoms with Gasteiger partial charge in [-0.25, -0.2) is 8.42 Å². The molecule has 33 heavy (non-hydrogen) atoms. The van der Waals surface area contributed by atoms with E-state index in [0.29, 0.717) is 10.7 Å². The minimum Gasteiger partial charge on any atom is -0.497 e. The summed E-state index contributed by atoms with van der Waals surface area (Å²) in [5, 5.41) is 3.52. The molecule has 0 aliphatic heterocycles. The number of hydrogen-bond donors (Lipinski definition) is 1. The van der Waals surface area contributed by atoms with Crippen molar-refractivity contribution in [2.75, 3.05) is 18.0 Å². The van der Waals surface area contributed by atoms with Gasteiger partial charge in [-0.2, -0.15) is 0 Å². The van der Waals surface area contributed by atoms with Gasteiger partial charge in [-0.05, 0) is 78.9 Å². The molecule has 6 nitrogen and oxygen atoms in total. The molecule has 0 saturated heterocycles. The van der Waals surface area contributed by atoms with E-state index in [2.05, 4.69) is 5.32 Å². The first kappa shape index (κ1) is 23.1. The zero-order valence-electron chi connectivity index (χ0n) is 18.2. The van der Waals surface area contributed by atoms with Crippen LogP contribution in [-0.4, -0.2) is 28.0 Å². The number of halogens is 1. The fourth-order valence-electron chi connectivity index (χ4n) is 4.08. The highest BCUT2D eigenvalue weighted by atomic mass is 35.5.